The highest BCUT2D eigenvalue weighted by Gasteiger charge is 2.48. The van der Waals surface area contributed by atoms with Gasteiger partial charge in [-0.2, -0.15) is 0 Å². The van der Waals surface area contributed by atoms with Crippen LogP contribution in [0.15, 0.2) is 54.6 Å². The zero-order valence-electron chi connectivity index (χ0n) is 64.1. The molecule has 0 spiro atoms. The summed E-state index contributed by atoms with van der Waals surface area (Å²) in [5.74, 6) is -5.51. The summed E-state index contributed by atoms with van der Waals surface area (Å²) >= 11 is 1.36. The van der Waals surface area contributed by atoms with Crippen molar-refractivity contribution in [3.63, 3.8) is 0 Å². The van der Waals surface area contributed by atoms with Crippen molar-refractivity contribution in [1.29, 1.82) is 0 Å². The van der Waals surface area contributed by atoms with Crippen molar-refractivity contribution in [2.24, 2.45) is 52.6 Å². The molecule has 2 unspecified atom stereocenters. The number of ketones is 2. The smallest absolute Gasteiger partial charge is 0.408 e. The molecule has 2 saturated heterocycles. The fourth-order valence-electron chi connectivity index (χ4n) is 14.6. The highest BCUT2D eigenvalue weighted by molar-refractivity contribution is 8.00. The number of nitrogens with two attached hydrogens (primary N) is 1. The van der Waals surface area contributed by atoms with Gasteiger partial charge in [0.15, 0.2) is 11.6 Å². The first kappa shape index (κ1) is 87.1. The van der Waals surface area contributed by atoms with Crippen LogP contribution in [0.3, 0.4) is 0 Å². The molecular formula is C77H120N10O16S. The maximum atomic E-state index is 14.6. The molecule has 104 heavy (non-hydrogen) atoms. The largest absolute Gasteiger partial charge is 0.481 e. The van der Waals surface area contributed by atoms with Crippen LogP contribution >= 0.6 is 11.8 Å². The Labute approximate surface area is 620 Å². The number of unbranched alkanes of at least 4 members (excludes halogenated alkanes) is 2. The molecule has 5 rings (SSSR count). The number of likely N-dealkylation sites (N-methyl/N-ethyl adjacent to an activating group) is 2. The number of hydrogen-bond acceptors (Lipinski definition) is 17. The summed E-state index contributed by atoms with van der Waals surface area (Å²) < 4.78 is 18.0. The lowest BCUT2D eigenvalue weighted by Crippen LogP contribution is -2.55. The Morgan fingerprint density at radius 3 is 2.02 bits per heavy atom. The molecule has 580 valence electrons. The van der Waals surface area contributed by atoms with Crippen LogP contribution in [0.4, 0.5) is 15.3 Å². The zero-order chi connectivity index (χ0) is 77.3. The number of ether oxygens (including phenoxy) is 3. The molecule has 1 saturated carbocycles. The van der Waals surface area contributed by atoms with E-state index in [-0.39, 0.29) is 147 Å². The molecule has 26 nitrogen and oxygen atoms in total. The quantitative estimate of drug-likeness (QED) is 0.0241. The van der Waals surface area contributed by atoms with E-state index in [0.717, 1.165) is 12.8 Å². The van der Waals surface area contributed by atoms with Crippen LogP contribution < -0.4 is 32.3 Å². The molecule has 27 heteroatoms. The number of carboxylic acid groups (broad SMARTS) is 1. The molecule has 2 aromatic rings. The number of Topliss-reactive ketones (excluding diaryl/α,β-unsaturated/α-hetero) is 2. The van der Waals surface area contributed by atoms with Crippen LogP contribution in [0.1, 0.15) is 189 Å². The maximum absolute atomic E-state index is 14.6. The average molecular weight is 1470 g/mol. The van der Waals surface area contributed by atoms with E-state index in [1.807, 2.05) is 90.9 Å². The zero-order valence-corrected chi connectivity index (χ0v) is 64.9. The van der Waals surface area contributed by atoms with Crippen LogP contribution in [0.2, 0.25) is 0 Å². The van der Waals surface area contributed by atoms with Gasteiger partial charge < -0.3 is 61.4 Å². The molecule has 13 atom stereocenters. The topological polar surface area (TPSA) is 352 Å². The van der Waals surface area contributed by atoms with Gasteiger partial charge in [-0.05, 0) is 125 Å². The van der Waals surface area contributed by atoms with Crippen molar-refractivity contribution in [3.05, 3.63) is 65.7 Å². The second-order valence-electron chi connectivity index (χ2n) is 30.2. The van der Waals surface area contributed by atoms with Gasteiger partial charge in [0.1, 0.15) is 6.61 Å². The predicted octanol–water partition coefficient (Wildman–Crippen LogP) is 8.68. The van der Waals surface area contributed by atoms with E-state index in [2.05, 4.69) is 26.6 Å². The van der Waals surface area contributed by atoms with Gasteiger partial charge in [-0.3, -0.25) is 57.7 Å². The summed E-state index contributed by atoms with van der Waals surface area (Å²) in [6.45, 7) is 19.7. The van der Waals surface area contributed by atoms with Crippen LogP contribution in [0, 0.1) is 46.8 Å². The number of carbonyl (C=O) groups excluding carboxylic acids is 11. The molecule has 3 fully saturated rings. The second kappa shape index (κ2) is 42.0. The Morgan fingerprint density at radius 2 is 1.44 bits per heavy atom. The third kappa shape index (κ3) is 25.9. The number of carbonyl (C=O) groups is 12. The number of urea groups is 1. The number of benzene rings is 2. The van der Waals surface area contributed by atoms with E-state index < -0.39 is 89.4 Å². The lowest BCUT2D eigenvalue weighted by Gasteiger charge is -2.41. The standard InChI is InChI=1S/C77H120N10O16S/c1-16-49(8)69(85(13)73(97)56(46(2)3)40-59(89)68(48(6)7)84(11)12)60(101-14)41-63(91)86-38-24-28-57(86)70(102-15)50(9)71(95)80-51(10)67(53-25-19-17-20-26-53)83-76(100)103-44-52-30-32-55(33-31-52)81-72(96)54(27-23-36-79-75(78)99)39-58(88)66(47(4)5)82-62(90)29-21-18-22-37-87-64(92)42-61(74(87)98)104-45-77(34-35-77)43-65(93)94/h17,19-20,25-26,30-33,46-51,54,56-57,60-61,66-70H,16,18,21-24,27-29,34-45H2,1-15H3,(H,80,95)(H,81,96)(H,82,90)(H,83,100)(H,93,94)(H3,78,79,99)/t49-,50+,51+,54+,56-,57-,60+,61?,66-,67?,68-,69-,70+/m0/s1. The van der Waals surface area contributed by atoms with E-state index in [4.69, 9.17) is 19.9 Å². The van der Waals surface area contributed by atoms with Crippen molar-refractivity contribution in [3.8, 4) is 0 Å². The highest BCUT2D eigenvalue weighted by atomic mass is 32.2. The number of thioether (sulfide) groups is 1. The van der Waals surface area contributed by atoms with Gasteiger partial charge in [0.2, 0.25) is 41.4 Å². The SMILES string of the molecule is CC[C@H](C)[C@@H]([C@@H](CC(=O)N1CCC[C@H]1[C@H](OC)[C@@H](C)C(=O)N[C@H](C)C(NC(=O)OCc1ccc(NC(=O)[C@H](CCCNC(N)=O)CC(=O)[C@@H](NC(=O)CCCCCN2C(=O)CC(SCC3(CC(=O)O)CC3)C2=O)C(C)C)cc1)c1ccccc1)OC)N(C)C(=O)[C@@H](CC(=O)[C@H](C(C)C)N(C)C)C(C)C. The van der Waals surface area contributed by atoms with E-state index >= 15 is 0 Å². The third-order valence-electron chi connectivity index (χ3n) is 21.0. The van der Waals surface area contributed by atoms with Crippen LogP contribution in [-0.4, -0.2) is 204 Å². The number of likely N-dealkylation sites (tertiary alicyclic amines) is 2. The van der Waals surface area contributed by atoms with Crippen molar-refractivity contribution < 1.29 is 76.9 Å². The van der Waals surface area contributed by atoms with Crippen LogP contribution in [0.25, 0.3) is 0 Å². The maximum Gasteiger partial charge on any atom is 0.408 e. The molecule has 10 amide bonds. The number of nitrogens with one attached hydrogen (secondary N) is 5. The van der Waals surface area contributed by atoms with E-state index in [0.29, 0.717) is 74.1 Å². The molecule has 0 radical (unpaired) electrons. The van der Waals surface area contributed by atoms with Gasteiger partial charge in [-0.25, -0.2) is 9.59 Å². The number of alkyl carbamates (subject to hydrolysis) is 1. The molecule has 0 bridgehead atoms. The number of hydrogen-bond donors (Lipinski definition) is 7. The Balaban J connectivity index is 1.15. The lowest BCUT2D eigenvalue weighted by atomic mass is 9.83. The minimum atomic E-state index is -0.916. The summed E-state index contributed by atoms with van der Waals surface area (Å²) in [5, 5.41) is 23.0. The molecular weight excluding hydrogens is 1350 g/mol. The highest BCUT2D eigenvalue weighted by Crippen LogP contribution is 2.52. The number of carboxylic acids is 1. The first-order chi connectivity index (χ1) is 49.2. The van der Waals surface area contributed by atoms with Gasteiger partial charge in [0.05, 0.1) is 72.5 Å². The minimum Gasteiger partial charge on any atom is -0.481 e. The summed E-state index contributed by atoms with van der Waals surface area (Å²) in [5.41, 5.74) is 6.64. The number of imide groups is 1. The number of anilines is 1. The normalized spacial score (nSPS) is 18.9. The fourth-order valence-corrected chi connectivity index (χ4v) is 16.1. The molecule has 2 heterocycles. The minimum absolute atomic E-state index is 0.00842. The summed E-state index contributed by atoms with van der Waals surface area (Å²) in [6, 6.07) is 11.3. The van der Waals surface area contributed by atoms with Crippen molar-refractivity contribution in [1.82, 2.24) is 40.9 Å². The van der Waals surface area contributed by atoms with E-state index in [1.165, 1.54) is 23.8 Å². The number of nitrogens with zero attached hydrogens (tertiary/aromatic N) is 4. The van der Waals surface area contributed by atoms with Gasteiger partial charge in [0.25, 0.3) is 0 Å². The summed E-state index contributed by atoms with van der Waals surface area (Å²) in [4.78, 5) is 168. The van der Waals surface area contributed by atoms with Crippen molar-refractivity contribution >= 4 is 88.5 Å². The Morgan fingerprint density at radius 1 is 0.769 bits per heavy atom. The molecule has 8 N–H and O–H groups in total. The monoisotopic (exact) mass is 1470 g/mol. The Bertz CT molecular complexity index is 3200. The van der Waals surface area contributed by atoms with E-state index in [1.54, 1.807) is 75.9 Å². The number of primary amides is 1. The number of methoxy groups -OCH3 is 2. The van der Waals surface area contributed by atoms with Gasteiger partial charge in [-0.15, -0.1) is 11.8 Å². The number of rotatable bonds is 46. The molecule has 2 aliphatic heterocycles. The summed E-state index contributed by atoms with van der Waals surface area (Å²) in [6.07, 6.45) is 3.33. The first-order valence-electron chi connectivity index (χ1n) is 37.2. The van der Waals surface area contributed by atoms with Crippen LogP contribution in [-0.2, 0) is 68.8 Å². The molecule has 3 aliphatic rings. The van der Waals surface area contributed by atoms with Crippen molar-refractivity contribution in [2.45, 2.75) is 232 Å². The third-order valence-corrected chi connectivity index (χ3v) is 22.5. The predicted molar refractivity (Wildman–Crippen MR) is 398 cm³/mol. The first-order valence-corrected chi connectivity index (χ1v) is 38.2. The van der Waals surface area contributed by atoms with Gasteiger partial charge in [0, 0.05) is 89.9 Å². The second-order valence-corrected chi connectivity index (χ2v) is 31.4. The van der Waals surface area contributed by atoms with Gasteiger partial charge in [-0.1, -0.05) is 118 Å². The number of aliphatic carboxylic acids is 1. The van der Waals surface area contributed by atoms with Gasteiger partial charge >= 0.3 is 18.1 Å². The summed E-state index contributed by atoms with van der Waals surface area (Å²) in [7, 11) is 8.56. The number of amides is 10. The Hall–Kier alpha value is -7.49. The molecule has 1 aliphatic carbocycles. The molecule has 0 aromatic heterocycles. The van der Waals surface area contributed by atoms with E-state index in [9.17, 15) is 62.6 Å². The lowest BCUT2D eigenvalue weighted by molar-refractivity contribution is -0.149. The Kier molecular flexibility index (Phi) is 35.2. The van der Waals surface area contributed by atoms with Crippen molar-refractivity contribution in [2.75, 3.05) is 66.1 Å². The molecule has 2 aromatic carbocycles. The fraction of sp³-hybridized carbons (Fsp3) is 0.688. The van der Waals surface area contributed by atoms with Crippen LogP contribution in [0.5, 0.6) is 0 Å². The average Bonchev–Trinajstić information content (AvgIpc) is 1.55.